The second-order valence-electron chi connectivity index (χ2n) is 8.38. The van der Waals surface area contributed by atoms with Crippen molar-refractivity contribution in [3.8, 4) is 5.69 Å². The number of thiophene rings is 1. The molecule has 0 aliphatic rings. The molecule has 2 heterocycles. The van der Waals surface area contributed by atoms with Crippen molar-refractivity contribution < 1.29 is 31.6 Å². The maximum absolute atomic E-state index is 13.0. The smallest absolute Gasteiger partial charge is 0.272 e. The summed E-state index contributed by atoms with van der Waals surface area (Å²) in [5.74, 6) is -0.987. The number of fused-ring (bicyclic) bond motifs is 1. The summed E-state index contributed by atoms with van der Waals surface area (Å²) in [6.07, 6.45) is 0.537. The second kappa shape index (κ2) is 13.5. The van der Waals surface area contributed by atoms with Gasteiger partial charge in [0.1, 0.15) is 0 Å². The number of carbonyl (C=O) groups excluding carboxylic acids is 3. The quantitative estimate of drug-likeness (QED) is 0.178. The van der Waals surface area contributed by atoms with Crippen molar-refractivity contribution in [2.75, 3.05) is 28.2 Å². The topological polar surface area (TPSA) is 130 Å². The highest BCUT2D eigenvalue weighted by Crippen LogP contribution is 2.31. The van der Waals surface area contributed by atoms with Gasteiger partial charge in [-0.15, -0.1) is 11.3 Å². The van der Waals surface area contributed by atoms with Crippen molar-refractivity contribution >= 4 is 78.4 Å². The van der Waals surface area contributed by atoms with Crippen molar-refractivity contribution in [2.24, 2.45) is 0 Å². The van der Waals surface area contributed by atoms with E-state index in [1.807, 2.05) is 0 Å². The lowest BCUT2D eigenvalue weighted by Crippen LogP contribution is -2.24. The highest BCUT2D eigenvalue weighted by Gasteiger charge is 2.21. The Kier molecular flexibility index (Phi) is 10.3. The van der Waals surface area contributed by atoms with Crippen molar-refractivity contribution in [1.29, 1.82) is 0 Å². The Hall–Kier alpha value is -4.40. The highest BCUT2D eigenvalue weighted by atomic mass is 35.5. The van der Waals surface area contributed by atoms with E-state index in [0.29, 0.717) is 39.4 Å². The molecule has 4 aromatic rings. The summed E-state index contributed by atoms with van der Waals surface area (Å²) in [6.45, 7) is 6.51. The number of carbonyl (C=O) groups is 3. The van der Waals surface area contributed by atoms with E-state index in [1.54, 1.807) is 47.0 Å². The lowest BCUT2D eigenvalue weighted by molar-refractivity contribution is -0.112. The third-order valence-electron chi connectivity index (χ3n) is 5.51. The minimum atomic E-state index is -3.54. The van der Waals surface area contributed by atoms with Gasteiger partial charge in [0.25, 0.3) is 12.3 Å². The number of anilines is 3. The average Bonchev–Trinajstić information content (AvgIpc) is 3.57. The fourth-order valence-electron chi connectivity index (χ4n) is 3.47. The number of sulfonamides is 1. The predicted octanol–water partition coefficient (Wildman–Crippen LogP) is 5.74. The molecule has 220 valence electrons. The normalized spacial score (nSPS) is 10.9. The molecule has 15 heteroatoms. The van der Waals surface area contributed by atoms with Gasteiger partial charge in [0.05, 0.1) is 38.4 Å². The Morgan fingerprint density at radius 3 is 2.33 bits per heavy atom. The maximum Gasteiger partial charge on any atom is 0.272 e. The molecular weight excluding hydrogens is 612 g/mol. The molecule has 4 rings (SSSR count). The van der Waals surface area contributed by atoms with Crippen LogP contribution in [0.3, 0.4) is 0 Å². The van der Waals surface area contributed by atoms with Crippen LogP contribution in [0, 0.1) is 0 Å². The van der Waals surface area contributed by atoms with E-state index in [-0.39, 0.29) is 15.7 Å². The predicted molar refractivity (Wildman–Crippen MR) is 161 cm³/mol. The Morgan fingerprint density at radius 1 is 1.07 bits per heavy atom. The number of nitrogens with one attached hydrogen (secondary N) is 2. The molecule has 2 aromatic carbocycles. The first kappa shape index (κ1) is 32.1. The van der Waals surface area contributed by atoms with Gasteiger partial charge in [-0.3, -0.25) is 28.6 Å². The fraction of sp³-hybridized carbons (Fsp3) is 0.111. The van der Waals surface area contributed by atoms with Crippen LogP contribution in [0.1, 0.15) is 21.0 Å². The zero-order valence-corrected chi connectivity index (χ0v) is 24.6. The zero-order chi connectivity index (χ0) is 31.2. The molecule has 2 aromatic heterocycles. The number of hydrogen-bond acceptors (Lipinski definition) is 7. The lowest BCUT2D eigenvalue weighted by atomic mass is 10.2. The van der Waals surface area contributed by atoms with Crippen LogP contribution in [0.25, 0.3) is 16.7 Å². The third-order valence-corrected chi connectivity index (χ3v) is 7.96. The molecular formula is C27H24ClF2N5O5S2. The first-order chi connectivity index (χ1) is 19.7. The van der Waals surface area contributed by atoms with E-state index in [9.17, 15) is 31.6 Å². The van der Waals surface area contributed by atoms with E-state index in [2.05, 4.69) is 28.8 Å². The molecule has 0 aliphatic heterocycles. The molecule has 42 heavy (non-hydrogen) atoms. The van der Waals surface area contributed by atoms with Crippen molar-refractivity contribution in [1.82, 2.24) is 9.55 Å². The van der Waals surface area contributed by atoms with E-state index in [4.69, 9.17) is 11.6 Å². The summed E-state index contributed by atoms with van der Waals surface area (Å²) < 4.78 is 52.7. The van der Waals surface area contributed by atoms with E-state index >= 15 is 0 Å². The van der Waals surface area contributed by atoms with Crippen molar-refractivity contribution in [3.63, 3.8) is 0 Å². The molecule has 2 N–H and O–H groups in total. The van der Waals surface area contributed by atoms with Crippen LogP contribution in [0.4, 0.5) is 26.1 Å². The number of aromatic nitrogens is 2. The Morgan fingerprint density at radius 2 is 1.76 bits per heavy atom. The zero-order valence-electron chi connectivity index (χ0n) is 22.2. The molecule has 0 fully saturated rings. The number of rotatable bonds is 9. The highest BCUT2D eigenvalue weighted by molar-refractivity contribution is 7.92. The number of allylic oxidation sites excluding steroid dienone is 1. The van der Waals surface area contributed by atoms with Crippen LogP contribution >= 0.6 is 22.9 Å². The standard InChI is InChI=1S/C24H21F2N5O4S2.C3H3ClO/c1-4-21(32)27-14-6-5-7-16(12-14)31-18-9-8-15(30(2)37(3,34)35)13-17(18)28-24(31)29-23(33)20-11-10-19(36-20)22(25)26;1-2-3(4)5/h4-13,22H,1H2,2-3H3,(H,27,32)(H,28,29,33);2H,1H2. The Balaban J connectivity index is 0.000000892. The maximum atomic E-state index is 13.0. The van der Waals surface area contributed by atoms with Gasteiger partial charge in [0, 0.05) is 12.7 Å². The molecule has 10 nitrogen and oxygen atoms in total. The number of halogens is 3. The molecule has 0 radical (unpaired) electrons. The van der Waals surface area contributed by atoms with E-state index < -0.39 is 33.5 Å². The molecule has 0 saturated heterocycles. The fourth-order valence-corrected chi connectivity index (χ4v) is 4.73. The lowest BCUT2D eigenvalue weighted by Gasteiger charge is -2.16. The summed E-state index contributed by atoms with van der Waals surface area (Å²) in [6, 6.07) is 14.0. The van der Waals surface area contributed by atoms with Gasteiger partial charge < -0.3 is 5.32 Å². The molecule has 0 atom stereocenters. The first-order valence-corrected chi connectivity index (χ1v) is 14.8. The summed E-state index contributed by atoms with van der Waals surface area (Å²) >= 11 is 5.37. The number of alkyl halides is 2. The van der Waals surface area contributed by atoms with Gasteiger partial charge in [0.15, 0.2) is 0 Å². The molecule has 0 unspecified atom stereocenters. The number of amides is 2. The van der Waals surface area contributed by atoms with Crippen molar-refractivity contribution in [2.45, 2.75) is 6.43 Å². The molecule has 2 amide bonds. The molecule has 0 bridgehead atoms. The average molecular weight is 636 g/mol. The third kappa shape index (κ3) is 7.87. The van der Waals surface area contributed by atoms with Gasteiger partial charge >= 0.3 is 0 Å². The number of imidazole rings is 1. The number of hydrogen-bond donors (Lipinski definition) is 2. The van der Waals surface area contributed by atoms with Gasteiger partial charge in [-0.1, -0.05) is 19.2 Å². The van der Waals surface area contributed by atoms with Crippen LogP contribution in [0.2, 0.25) is 0 Å². The molecule has 0 spiro atoms. The Labute approximate surface area is 249 Å². The summed E-state index contributed by atoms with van der Waals surface area (Å²) in [4.78, 5) is 38.5. The second-order valence-corrected chi connectivity index (χ2v) is 11.9. The molecule has 0 aliphatic carbocycles. The van der Waals surface area contributed by atoms with Crippen LogP contribution in [-0.2, 0) is 19.6 Å². The minimum absolute atomic E-state index is 0.0679. The summed E-state index contributed by atoms with van der Waals surface area (Å²) in [5.41, 5.74) is 2.21. The SMILES string of the molecule is C=CC(=O)Cl.C=CC(=O)Nc1cccc(-n2c(NC(=O)c3ccc(C(F)F)s3)nc3cc(N(C)S(C)(=O)=O)ccc32)c1. The molecule has 0 saturated carbocycles. The summed E-state index contributed by atoms with van der Waals surface area (Å²) in [7, 11) is -2.14. The van der Waals surface area contributed by atoms with Crippen molar-refractivity contribution in [3.05, 3.63) is 89.7 Å². The monoisotopic (exact) mass is 635 g/mol. The van der Waals surface area contributed by atoms with Gasteiger partial charge in [-0.25, -0.2) is 22.2 Å². The largest absolute Gasteiger partial charge is 0.322 e. The van der Waals surface area contributed by atoms with Crippen LogP contribution in [-0.4, -0.2) is 48.3 Å². The first-order valence-electron chi connectivity index (χ1n) is 11.8. The van der Waals surface area contributed by atoms with Gasteiger partial charge in [0.2, 0.25) is 27.1 Å². The number of benzene rings is 2. The van der Waals surface area contributed by atoms with E-state index in [0.717, 1.165) is 22.7 Å². The minimum Gasteiger partial charge on any atom is -0.322 e. The Bertz CT molecular complexity index is 1790. The van der Waals surface area contributed by atoms with E-state index in [1.165, 1.54) is 19.2 Å². The summed E-state index contributed by atoms with van der Waals surface area (Å²) in [5, 5.41) is 4.81. The van der Waals surface area contributed by atoms with Crippen LogP contribution in [0.15, 0.2) is 79.9 Å². The van der Waals surface area contributed by atoms with Crippen LogP contribution in [0.5, 0.6) is 0 Å². The van der Waals surface area contributed by atoms with Crippen LogP contribution < -0.4 is 14.9 Å². The van der Waals surface area contributed by atoms with Gasteiger partial charge in [-0.2, -0.15) is 0 Å². The number of nitrogens with zero attached hydrogens (tertiary/aromatic N) is 3. The van der Waals surface area contributed by atoms with Gasteiger partial charge in [-0.05, 0) is 72.3 Å².